The number of hydrogen-bond donors (Lipinski definition) is 0. The number of fused-ring (bicyclic) bond motifs is 1. The summed E-state index contributed by atoms with van der Waals surface area (Å²) in [4.78, 5) is 28.1. The number of rotatable bonds is 2. The van der Waals surface area contributed by atoms with Crippen molar-refractivity contribution in [3.63, 3.8) is 0 Å². The smallest absolute Gasteiger partial charge is 0.254 e. The number of carbonyl (C=O) groups excluding carboxylic acids is 1. The van der Waals surface area contributed by atoms with E-state index in [9.17, 15) is 4.79 Å². The molecular weight excluding hydrogens is 314 g/mol. The molecule has 1 saturated heterocycles. The van der Waals surface area contributed by atoms with E-state index in [1.54, 1.807) is 6.20 Å². The molecule has 6 nitrogen and oxygen atoms in total. The molecule has 3 aromatic rings. The third-order valence-electron chi connectivity index (χ3n) is 4.95. The largest absolute Gasteiger partial charge is 0.337 e. The summed E-state index contributed by atoms with van der Waals surface area (Å²) in [6.07, 6.45) is 7.65. The Kier molecular flexibility index (Phi) is 3.95. The van der Waals surface area contributed by atoms with Gasteiger partial charge in [0.25, 0.3) is 5.91 Å². The normalized spacial score (nSPS) is 17.8. The first kappa shape index (κ1) is 15.7. The zero-order valence-corrected chi connectivity index (χ0v) is 14.5. The minimum Gasteiger partial charge on any atom is -0.337 e. The van der Waals surface area contributed by atoms with Crippen LogP contribution < -0.4 is 0 Å². The molecular formula is C19H21N5O. The Balaban J connectivity index is 1.59. The molecule has 0 spiro atoms. The molecule has 0 aliphatic carbocycles. The van der Waals surface area contributed by atoms with Gasteiger partial charge in [0.2, 0.25) is 0 Å². The van der Waals surface area contributed by atoms with Crippen LogP contribution in [-0.4, -0.2) is 43.4 Å². The Morgan fingerprint density at radius 3 is 2.72 bits per heavy atom. The Morgan fingerprint density at radius 1 is 1.16 bits per heavy atom. The van der Waals surface area contributed by atoms with Crippen LogP contribution in [0.4, 0.5) is 0 Å². The van der Waals surface area contributed by atoms with Gasteiger partial charge in [-0.05, 0) is 44.9 Å². The highest BCUT2D eigenvalue weighted by molar-refractivity contribution is 5.97. The average Bonchev–Trinajstić information content (AvgIpc) is 3.16. The number of benzene rings is 1. The number of aromatic nitrogens is 4. The van der Waals surface area contributed by atoms with Gasteiger partial charge in [-0.1, -0.05) is 0 Å². The van der Waals surface area contributed by atoms with Crippen molar-refractivity contribution in [2.75, 3.05) is 13.1 Å². The van der Waals surface area contributed by atoms with Gasteiger partial charge >= 0.3 is 0 Å². The summed E-state index contributed by atoms with van der Waals surface area (Å²) in [6, 6.07) is 5.90. The molecule has 1 aliphatic rings. The molecule has 6 heteroatoms. The molecule has 1 amide bonds. The number of hydrogen-bond acceptors (Lipinski definition) is 4. The van der Waals surface area contributed by atoms with Crippen LogP contribution in [0.25, 0.3) is 11.0 Å². The number of imidazole rings is 1. The average molecular weight is 335 g/mol. The number of nitrogens with zero attached hydrogens (tertiary/aromatic N) is 5. The van der Waals surface area contributed by atoms with E-state index in [-0.39, 0.29) is 5.91 Å². The number of amides is 1. The van der Waals surface area contributed by atoms with Crippen molar-refractivity contribution < 1.29 is 4.79 Å². The van der Waals surface area contributed by atoms with Gasteiger partial charge in [0.15, 0.2) is 0 Å². The van der Waals surface area contributed by atoms with Gasteiger partial charge < -0.3 is 9.47 Å². The molecule has 1 aliphatic heterocycles. The van der Waals surface area contributed by atoms with Crippen molar-refractivity contribution in [2.24, 2.45) is 0 Å². The molecule has 3 heterocycles. The molecule has 1 fully saturated rings. The van der Waals surface area contributed by atoms with E-state index in [0.29, 0.717) is 18.2 Å². The number of likely N-dealkylation sites (tertiary alicyclic amines) is 1. The molecule has 0 saturated carbocycles. The van der Waals surface area contributed by atoms with Crippen LogP contribution in [0.2, 0.25) is 0 Å². The molecule has 0 bridgehead atoms. The number of piperidine rings is 1. The first-order chi connectivity index (χ1) is 12.1. The van der Waals surface area contributed by atoms with E-state index >= 15 is 0 Å². The maximum atomic E-state index is 13.0. The zero-order chi connectivity index (χ0) is 17.4. The molecule has 0 N–H and O–H groups in total. The Labute approximate surface area is 146 Å². The van der Waals surface area contributed by atoms with Crippen LogP contribution in [0.5, 0.6) is 0 Å². The predicted octanol–water partition coefficient (Wildman–Crippen LogP) is 2.92. The Morgan fingerprint density at radius 2 is 1.96 bits per heavy atom. The molecule has 4 rings (SSSR count). The van der Waals surface area contributed by atoms with Gasteiger partial charge in [0, 0.05) is 31.0 Å². The van der Waals surface area contributed by atoms with Crippen molar-refractivity contribution in [3.05, 3.63) is 53.9 Å². The summed E-state index contributed by atoms with van der Waals surface area (Å²) in [6.45, 7) is 5.40. The van der Waals surface area contributed by atoms with Crippen LogP contribution in [0.1, 0.15) is 40.6 Å². The fraction of sp³-hybridized carbons (Fsp3) is 0.368. The fourth-order valence-electron chi connectivity index (χ4n) is 3.41. The fourth-order valence-corrected chi connectivity index (χ4v) is 3.41. The monoisotopic (exact) mass is 335 g/mol. The van der Waals surface area contributed by atoms with Gasteiger partial charge in [-0.15, -0.1) is 0 Å². The van der Waals surface area contributed by atoms with E-state index < -0.39 is 0 Å². The second-order valence-electron chi connectivity index (χ2n) is 6.66. The van der Waals surface area contributed by atoms with Crippen molar-refractivity contribution >= 4 is 16.9 Å². The molecule has 1 atom stereocenters. The van der Waals surface area contributed by atoms with Crippen LogP contribution >= 0.6 is 0 Å². The van der Waals surface area contributed by atoms with E-state index in [0.717, 1.165) is 41.8 Å². The van der Waals surface area contributed by atoms with Crippen LogP contribution in [0.15, 0.2) is 36.9 Å². The van der Waals surface area contributed by atoms with Gasteiger partial charge in [0.05, 0.1) is 34.8 Å². The van der Waals surface area contributed by atoms with E-state index in [1.165, 1.54) is 0 Å². The zero-order valence-electron chi connectivity index (χ0n) is 14.5. The second kappa shape index (κ2) is 6.27. The predicted molar refractivity (Wildman–Crippen MR) is 95.4 cm³/mol. The molecule has 1 aromatic carbocycles. The molecule has 0 unspecified atom stereocenters. The SMILES string of the molecule is Cc1nc2ccc(C(=O)N3CCC[C@@H](n4ccnc4)C3)cc2nc1C. The summed E-state index contributed by atoms with van der Waals surface area (Å²) >= 11 is 0. The molecule has 25 heavy (non-hydrogen) atoms. The van der Waals surface area contributed by atoms with E-state index in [4.69, 9.17) is 0 Å². The van der Waals surface area contributed by atoms with Gasteiger partial charge in [-0.25, -0.2) is 15.0 Å². The summed E-state index contributed by atoms with van der Waals surface area (Å²) in [5.41, 5.74) is 4.10. The summed E-state index contributed by atoms with van der Waals surface area (Å²) in [5, 5.41) is 0. The van der Waals surface area contributed by atoms with Crippen LogP contribution in [0, 0.1) is 13.8 Å². The lowest BCUT2D eigenvalue weighted by Crippen LogP contribution is -2.40. The van der Waals surface area contributed by atoms with Crippen molar-refractivity contribution in [1.82, 2.24) is 24.4 Å². The van der Waals surface area contributed by atoms with Crippen LogP contribution in [-0.2, 0) is 0 Å². The van der Waals surface area contributed by atoms with Gasteiger partial charge in [0.1, 0.15) is 0 Å². The van der Waals surface area contributed by atoms with Crippen molar-refractivity contribution in [3.8, 4) is 0 Å². The van der Waals surface area contributed by atoms with Gasteiger partial charge in [-0.2, -0.15) is 0 Å². The minimum atomic E-state index is 0.0618. The molecule has 2 aromatic heterocycles. The number of carbonyl (C=O) groups is 1. The molecule has 128 valence electrons. The molecule has 0 radical (unpaired) electrons. The highest BCUT2D eigenvalue weighted by Crippen LogP contribution is 2.23. The number of aryl methyl sites for hydroxylation is 2. The summed E-state index contributed by atoms with van der Waals surface area (Å²) < 4.78 is 2.09. The van der Waals surface area contributed by atoms with E-state index in [1.807, 2.05) is 49.5 Å². The quantitative estimate of drug-likeness (QED) is 0.722. The van der Waals surface area contributed by atoms with Crippen LogP contribution in [0.3, 0.4) is 0 Å². The lowest BCUT2D eigenvalue weighted by atomic mass is 10.0. The third kappa shape index (κ3) is 2.99. The van der Waals surface area contributed by atoms with Gasteiger partial charge in [-0.3, -0.25) is 4.79 Å². The van der Waals surface area contributed by atoms with E-state index in [2.05, 4.69) is 19.5 Å². The standard InChI is InChI=1S/C19H21N5O/c1-13-14(2)22-18-10-15(5-6-17(18)21-13)19(25)23-8-3-4-16(11-23)24-9-7-20-12-24/h5-7,9-10,12,16H,3-4,8,11H2,1-2H3/t16-/m1/s1. The maximum absolute atomic E-state index is 13.0. The Bertz CT molecular complexity index is 919. The lowest BCUT2D eigenvalue weighted by molar-refractivity contribution is 0.0679. The summed E-state index contributed by atoms with van der Waals surface area (Å²) in [7, 11) is 0. The highest BCUT2D eigenvalue weighted by Gasteiger charge is 2.25. The van der Waals surface area contributed by atoms with Crippen molar-refractivity contribution in [1.29, 1.82) is 0 Å². The minimum absolute atomic E-state index is 0.0618. The lowest BCUT2D eigenvalue weighted by Gasteiger charge is -2.33. The Hall–Kier alpha value is -2.76. The summed E-state index contributed by atoms with van der Waals surface area (Å²) in [5.74, 6) is 0.0618. The first-order valence-corrected chi connectivity index (χ1v) is 8.63. The first-order valence-electron chi connectivity index (χ1n) is 8.63. The third-order valence-corrected chi connectivity index (χ3v) is 4.95. The topological polar surface area (TPSA) is 63.9 Å². The highest BCUT2D eigenvalue weighted by atomic mass is 16.2. The van der Waals surface area contributed by atoms with Crippen molar-refractivity contribution in [2.45, 2.75) is 32.7 Å². The second-order valence-corrected chi connectivity index (χ2v) is 6.66. The maximum Gasteiger partial charge on any atom is 0.254 e.